The SMILES string of the molecule is C[C@@H](CNC(=O)COC(=O)/C(C#N)=C/c1ccco1)c1ccccc1. The summed E-state index contributed by atoms with van der Waals surface area (Å²) in [6.45, 7) is 1.97. The van der Waals surface area contributed by atoms with Crippen molar-refractivity contribution in [3.63, 3.8) is 0 Å². The molecule has 2 rings (SSSR count). The minimum Gasteiger partial charge on any atom is -0.465 e. The maximum Gasteiger partial charge on any atom is 0.349 e. The maximum absolute atomic E-state index is 11.8. The molecule has 1 heterocycles. The lowest BCUT2D eigenvalue weighted by Gasteiger charge is -2.13. The zero-order valence-corrected chi connectivity index (χ0v) is 13.8. The second-order valence-electron chi connectivity index (χ2n) is 5.38. The van der Waals surface area contributed by atoms with Crippen LogP contribution in [0.3, 0.4) is 0 Å². The van der Waals surface area contributed by atoms with Crippen molar-refractivity contribution >= 4 is 18.0 Å². The topological polar surface area (TPSA) is 92.3 Å². The van der Waals surface area contributed by atoms with E-state index in [1.54, 1.807) is 18.2 Å². The third-order valence-electron chi connectivity index (χ3n) is 3.48. The van der Waals surface area contributed by atoms with E-state index in [0.717, 1.165) is 5.56 Å². The number of rotatable bonds is 7. The zero-order chi connectivity index (χ0) is 18.1. The summed E-state index contributed by atoms with van der Waals surface area (Å²) in [5, 5.41) is 11.7. The van der Waals surface area contributed by atoms with Crippen molar-refractivity contribution in [2.24, 2.45) is 0 Å². The van der Waals surface area contributed by atoms with Gasteiger partial charge in [0.15, 0.2) is 6.61 Å². The summed E-state index contributed by atoms with van der Waals surface area (Å²) in [5.41, 5.74) is 0.869. The van der Waals surface area contributed by atoms with Crippen molar-refractivity contribution in [3.05, 3.63) is 65.6 Å². The number of benzene rings is 1. The Bertz CT molecular complexity index is 774. The first-order valence-electron chi connectivity index (χ1n) is 7.74. The fraction of sp³-hybridized carbons (Fsp3) is 0.211. The Labute approximate surface area is 145 Å². The molecule has 0 unspecified atom stereocenters. The normalized spacial score (nSPS) is 12.1. The molecular formula is C19H18N2O4. The molecule has 0 saturated heterocycles. The maximum atomic E-state index is 11.8. The lowest BCUT2D eigenvalue weighted by atomic mass is 10.0. The van der Waals surface area contributed by atoms with Crippen molar-refractivity contribution in [2.75, 3.05) is 13.2 Å². The fourth-order valence-corrected chi connectivity index (χ4v) is 2.08. The minimum atomic E-state index is -0.870. The van der Waals surface area contributed by atoms with Crippen LogP contribution in [0.15, 0.2) is 58.7 Å². The summed E-state index contributed by atoms with van der Waals surface area (Å²) in [6.07, 6.45) is 2.69. The first kappa shape index (κ1) is 18.0. The molecule has 0 radical (unpaired) electrons. The van der Waals surface area contributed by atoms with E-state index in [9.17, 15) is 9.59 Å². The number of hydrogen-bond acceptors (Lipinski definition) is 5. The van der Waals surface area contributed by atoms with Crippen molar-refractivity contribution in [3.8, 4) is 6.07 Å². The number of nitriles is 1. The van der Waals surface area contributed by atoms with Gasteiger partial charge in [0.2, 0.25) is 0 Å². The Morgan fingerprint density at radius 1 is 1.28 bits per heavy atom. The second kappa shape index (κ2) is 9.08. The molecule has 1 atom stereocenters. The van der Waals surface area contributed by atoms with Crippen LogP contribution in [-0.4, -0.2) is 25.0 Å². The predicted octanol–water partition coefficient (Wildman–Crippen LogP) is 2.65. The van der Waals surface area contributed by atoms with Gasteiger partial charge in [-0.2, -0.15) is 5.26 Å². The van der Waals surface area contributed by atoms with Gasteiger partial charge in [-0.3, -0.25) is 4.79 Å². The Kier molecular flexibility index (Phi) is 6.55. The lowest BCUT2D eigenvalue weighted by molar-refractivity contribution is -0.144. The summed E-state index contributed by atoms with van der Waals surface area (Å²) in [7, 11) is 0. The van der Waals surface area contributed by atoms with Gasteiger partial charge in [0.1, 0.15) is 17.4 Å². The van der Waals surface area contributed by atoms with Gasteiger partial charge in [-0.1, -0.05) is 37.3 Å². The van der Waals surface area contributed by atoms with Crippen molar-refractivity contribution in [2.45, 2.75) is 12.8 Å². The second-order valence-corrected chi connectivity index (χ2v) is 5.38. The zero-order valence-electron chi connectivity index (χ0n) is 13.8. The van der Waals surface area contributed by atoms with Gasteiger partial charge in [-0.05, 0) is 23.6 Å². The molecule has 0 fully saturated rings. The largest absolute Gasteiger partial charge is 0.465 e. The average Bonchev–Trinajstić information content (AvgIpc) is 3.16. The van der Waals surface area contributed by atoms with Crippen LogP contribution in [0.1, 0.15) is 24.2 Å². The standard InChI is InChI=1S/C19H18N2O4/c1-14(15-6-3-2-4-7-15)12-21-18(22)13-25-19(23)16(11-20)10-17-8-5-9-24-17/h2-10,14H,12-13H2,1H3,(H,21,22)/b16-10+/t14-/m0/s1. The lowest BCUT2D eigenvalue weighted by Crippen LogP contribution is -2.31. The summed E-state index contributed by atoms with van der Waals surface area (Å²) < 4.78 is 9.89. The van der Waals surface area contributed by atoms with Gasteiger partial charge < -0.3 is 14.5 Å². The Morgan fingerprint density at radius 3 is 2.68 bits per heavy atom. The van der Waals surface area contributed by atoms with E-state index < -0.39 is 18.5 Å². The molecule has 128 valence electrons. The van der Waals surface area contributed by atoms with E-state index in [1.807, 2.05) is 37.3 Å². The van der Waals surface area contributed by atoms with Crippen LogP contribution in [0.5, 0.6) is 0 Å². The Balaban J connectivity index is 1.79. The molecule has 1 N–H and O–H groups in total. The number of hydrogen-bond donors (Lipinski definition) is 1. The average molecular weight is 338 g/mol. The third kappa shape index (κ3) is 5.66. The van der Waals surface area contributed by atoms with E-state index >= 15 is 0 Å². The summed E-state index contributed by atoms with van der Waals surface area (Å²) in [6, 6.07) is 14.7. The summed E-state index contributed by atoms with van der Waals surface area (Å²) >= 11 is 0. The van der Waals surface area contributed by atoms with Gasteiger partial charge in [-0.25, -0.2) is 4.79 Å². The van der Waals surface area contributed by atoms with Crippen molar-refractivity contribution in [1.82, 2.24) is 5.32 Å². The molecule has 1 aromatic heterocycles. The minimum absolute atomic E-state index is 0.134. The van der Waals surface area contributed by atoms with Gasteiger partial charge in [0.25, 0.3) is 5.91 Å². The molecule has 0 aliphatic rings. The molecule has 1 amide bonds. The van der Waals surface area contributed by atoms with Crippen LogP contribution in [0.2, 0.25) is 0 Å². The van der Waals surface area contributed by atoms with E-state index in [0.29, 0.717) is 12.3 Å². The van der Waals surface area contributed by atoms with Crippen molar-refractivity contribution < 1.29 is 18.7 Å². The van der Waals surface area contributed by atoms with Crippen molar-refractivity contribution in [1.29, 1.82) is 5.26 Å². The summed E-state index contributed by atoms with van der Waals surface area (Å²) in [5.74, 6) is -0.805. The van der Waals surface area contributed by atoms with E-state index in [1.165, 1.54) is 12.3 Å². The smallest absolute Gasteiger partial charge is 0.349 e. The highest BCUT2D eigenvalue weighted by atomic mass is 16.5. The van der Waals surface area contributed by atoms with Crippen LogP contribution < -0.4 is 5.32 Å². The third-order valence-corrected chi connectivity index (χ3v) is 3.48. The van der Waals surface area contributed by atoms with Crippen LogP contribution >= 0.6 is 0 Å². The molecule has 0 spiro atoms. The van der Waals surface area contributed by atoms with Crippen LogP contribution in [0.25, 0.3) is 6.08 Å². The van der Waals surface area contributed by atoms with Gasteiger partial charge >= 0.3 is 5.97 Å². The molecule has 25 heavy (non-hydrogen) atoms. The Morgan fingerprint density at radius 2 is 2.04 bits per heavy atom. The first-order valence-corrected chi connectivity index (χ1v) is 7.74. The Hall–Kier alpha value is -3.33. The van der Waals surface area contributed by atoms with Crippen LogP contribution in [-0.2, 0) is 14.3 Å². The highest BCUT2D eigenvalue weighted by Crippen LogP contribution is 2.13. The molecule has 2 aromatic rings. The molecule has 0 bridgehead atoms. The number of carbonyl (C=O) groups is 2. The fourth-order valence-electron chi connectivity index (χ4n) is 2.08. The monoisotopic (exact) mass is 338 g/mol. The van der Waals surface area contributed by atoms with E-state index in [4.69, 9.17) is 14.4 Å². The molecule has 0 aliphatic heterocycles. The van der Waals surface area contributed by atoms with Gasteiger partial charge in [0, 0.05) is 12.6 Å². The molecule has 1 aromatic carbocycles. The quantitative estimate of drug-likeness (QED) is 0.476. The number of amides is 1. The number of furan rings is 1. The first-order chi connectivity index (χ1) is 12.1. The number of carbonyl (C=O) groups excluding carboxylic acids is 2. The molecular weight excluding hydrogens is 320 g/mol. The summed E-state index contributed by atoms with van der Waals surface area (Å²) in [4.78, 5) is 23.6. The predicted molar refractivity (Wildman–Crippen MR) is 91.1 cm³/mol. The van der Waals surface area contributed by atoms with E-state index in [2.05, 4.69) is 5.32 Å². The van der Waals surface area contributed by atoms with Gasteiger partial charge in [0.05, 0.1) is 6.26 Å². The molecule has 0 saturated carbocycles. The highest BCUT2D eigenvalue weighted by Gasteiger charge is 2.14. The number of nitrogens with one attached hydrogen (secondary N) is 1. The van der Waals surface area contributed by atoms with Crippen LogP contribution in [0, 0.1) is 11.3 Å². The number of ether oxygens (including phenoxy) is 1. The molecule has 6 heteroatoms. The molecule has 0 aliphatic carbocycles. The number of nitrogens with zero attached hydrogens (tertiary/aromatic N) is 1. The van der Waals surface area contributed by atoms with Gasteiger partial charge in [-0.15, -0.1) is 0 Å². The number of esters is 1. The van der Waals surface area contributed by atoms with E-state index in [-0.39, 0.29) is 11.5 Å². The van der Waals surface area contributed by atoms with Crippen LogP contribution in [0.4, 0.5) is 0 Å². The highest BCUT2D eigenvalue weighted by molar-refractivity contribution is 5.98. The molecule has 6 nitrogen and oxygen atoms in total.